The van der Waals surface area contributed by atoms with Crippen molar-refractivity contribution in [2.45, 2.75) is 20.8 Å². The van der Waals surface area contributed by atoms with E-state index in [4.69, 9.17) is 0 Å². The molecule has 122 valence electrons. The number of carbonyl (C=O) groups is 1. The van der Waals surface area contributed by atoms with E-state index in [0.717, 1.165) is 5.56 Å². The van der Waals surface area contributed by atoms with Crippen molar-refractivity contribution in [3.8, 4) is 11.3 Å². The predicted octanol–water partition coefficient (Wildman–Crippen LogP) is 4.20. The fourth-order valence-corrected chi connectivity index (χ4v) is 1.55. The first-order valence-electron chi connectivity index (χ1n) is 6.95. The van der Waals surface area contributed by atoms with Gasteiger partial charge in [-0.3, -0.25) is 9.89 Å². The molecule has 0 fully saturated rings. The van der Waals surface area contributed by atoms with Crippen LogP contribution in [-0.2, 0) is 4.79 Å². The van der Waals surface area contributed by atoms with Crippen molar-refractivity contribution in [2.75, 3.05) is 0 Å². The Morgan fingerprint density at radius 3 is 2.61 bits per heavy atom. The zero-order chi connectivity index (χ0) is 17.2. The van der Waals surface area contributed by atoms with E-state index in [1.54, 1.807) is 31.3 Å². The largest absolute Gasteiger partial charge is 0.333 e. The first-order chi connectivity index (χ1) is 10.9. The number of aromatic amines is 1. The number of carbonyl (C=O) groups excluding carboxylic acids is 1. The molecule has 1 amide bonds. The van der Waals surface area contributed by atoms with Gasteiger partial charge in [-0.1, -0.05) is 18.2 Å². The molecule has 0 aliphatic rings. The number of halogens is 2. The molecule has 2 N–H and O–H groups in total. The van der Waals surface area contributed by atoms with E-state index in [9.17, 15) is 13.6 Å². The van der Waals surface area contributed by atoms with Crippen LogP contribution < -0.4 is 5.32 Å². The first kappa shape index (κ1) is 18.3. The Labute approximate surface area is 133 Å². The number of rotatable bonds is 3. The highest BCUT2D eigenvalue weighted by molar-refractivity contribution is 5.76. The van der Waals surface area contributed by atoms with Crippen LogP contribution in [0.4, 0.5) is 8.78 Å². The Kier molecular flexibility index (Phi) is 7.39. The molecule has 0 aliphatic carbocycles. The van der Waals surface area contributed by atoms with Gasteiger partial charge in [0.15, 0.2) is 0 Å². The molecule has 1 heterocycles. The minimum Gasteiger partial charge on any atom is -0.333 e. The van der Waals surface area contributed by atoms with E-state index < -0.39 is 0 Å². The Balaban J connectivity index is 0.000000463. The minimum atomic E-state index is -0.307. The van der Waals surface area contributed by atoms with Crippen molar-refractivity contribution in [2.24, 2.45) is 0 Å². The molecule has 0 saturated heterocycles. The van der Waals surface area contributed by atoms with Gasteiger partial charge in [0.05, 0.1) is 17.7 Å². The van der Waals surface area contributed by atoms with Crippen molar-refractivity contribution < 1.29 is 13.6 Å². The SMILES string of the molecule is C/C=C(\C)F.CC(=O)N/C=C/c1cn[nH]c1-c1cccc(F)c1. The maximum Gasteiger partial charge on any atom is 0.220 e. The van der Waals surface area contributed by atoms with Crippen LogP contribution in [0.1, 0.15) is 26.3 Å². The van der Waals surface area contributed by atoms with Crippen LogP contribution in [0.2, 0.25) is 0 Å². The fraction of sp³-hybridized carbons (Fsp3) is 0.176. The minimum absolute atomic E-state index is 0.120. The van der Waals surface area contributed by atoms with Crippen molar-refractivity contribution in [1.29, 1.82) is 0 Å². The number of nitrogens with zero attached hydrogens (tertiary/aromatic N) is 1. The van der Waals surface area contributed by atoms with E-state index in [1.165, 1.54) is 38.3 Å². The quantitative estimate of drug-likeness (QED) is 0.890. The van der Waals surface area contributed by atoms with Gasteiger partial charge in [0.1, 0.15) is 5.82 Å². The van der Waals surface area contributed by atoms with Gasteiger partial charge < -0.3 is 5.32 Å². The van der Waals surface area contributed by atoms with E-state index in [-0.39, 0.29) is 17.6 Å². The molecular weight excluding hydrogens is 300 g/mol. The summed E-state index contributed by atoms with van der Waals surface area (Å²) < 4.78 is 24.4. The van der Waals surface area contributed by atoms with E-state index in [1.807, 2.05) is 0 Å². The summed E-state index contributed by atoms with van der Waals surface area (Å²) in [5.41, 5.74) is 2.18. The second-order valence-electron chi connectivity index (χ2n) is 4.62. The normalized spacial score (nSPS) is 11.1. The van der Waals surface area contributed by atoms with Gasteiger partial charge in [-0.2, -0.15) is 5.10 Å². The summed E-state index contributed by atoms with van der Waals surface area (Å²) in [5.74, 6) is -0.578. The van der Waals surface area contributed by atoms with Crippen LogP contribution in [0.25, 0.3) is 17.3 Å². The molecule has 2 aromatic rings. The van der Waals surface area contributed by atoms with Gasteiger partial charge in [0.2, 0.25) is 5.91 Å². The molecule has 1 aromatic heterocycles. The van der Waals surface area contributed by atoms with E-state index in [0.29, 0.717) is 11.3 Å². The number of nitrogens with one attached hydrogen (secondary N) is 2. The van der Waals surface area contributed by atoms with Crippen LogP contribution in [0.5, 0.6) is 0 Å². The third-order valence-electron chi connectivity index (χ3n) is 2.73. The smallest absolute Gasteiger partial charge is 0.220 e. The number of hydrogen-bond donors (Lipinski definition) is 2. The molecule has 0 radical (unpaired) electrons. The Bertz CT molecular complexity index is 701. The number of allylic oxidation sites excluding steroid dienone is 2. The number of benzene rings is 1. The Hall–Kier alpha value is -2.76. The van der Waals surface area contributed by atoms with Crippen LogP contribution >= 0.6 is 0 Å². The molecule has 23 heavy (non-hydrogen) atoms. The average molecular weight is 319 g/mol. The summed E-state index contributed by atoms with van der Waals surface area (Å²) in [7, 11) is 0. The number of hydrogen-bond acceptors (Lipinski definition) is 2. The highest BCUT2D eigenvalue weighted by atomic mass is 19.1. The average Bonchev–Trinajstić information content (AvgIpc) is 2.96. The van der Waals surface area contributed by atoms with Crippen LogP contribution in [0, 0.1) is 5.82 Å². The Morgan fingerprint density at radius 1 is 1.35 bits per heavy atom. The third-order valence-corrected chi connectivity index (χ3v) is 2.73. The standard InChI is InChI=1S/C13H12FN3O.C4H7F/c1-9(18)15-6-5-11-8-16-17-13(11)10-3-2-4-12(14)7-10;1-3-4(2)5/h2-8H,1H3,(H,15,18)(H,16,17);3H,1-2H3/b6-5+;4-3+. The molecular formula is C17H19F2N3O. The monoisotopic (exact) mass is 319 g/mol. The number of aromatic nitrogens is 2. The van der Waals surface area contributed by atoms with Crippen LogP contribution in [-0.4, -0.2) is 16.1 Å². The van der Waals surface area contributed by atoms with E-state index >= 15 is 0 Å². The summed E-state index contributed by atoms with van der Waals surface area (Å²) in [6.07, 6.45) is 6.25. The molecule has 6 heteroatoms. The second-order valence-corrected chi connectivity index (χ2v) is 4.62. The lowest BCUT2D eigenvalue weighted by Gasteiger charge is -2.00. The van der Waals surface area contributed by atoms with Crippen LogP contribution in [0.15, 0.2) is 48.6 Å². The molecule has 0 saturated carbocycles. The maximum absolute atomic E-state index is 13.1. The van der Waals surface area contributed by atoms with Gasteiger partial charge in [-0.15, -0.1) is 0 Å². The summed E-state index contributed by atoms with van der Waals surface area (Å²) in [4.78, 5) is 10.7. The van der Waals surface area contributed by atoms with Crippen molar-refractivity contribution >= 4 is 12.0 Å². The predicted molar refractivity (Wildman–Crippen MR) is 87.4 cm³/mol. The molecule has 0 unspecified atom stereocenters. The van der Waals surface area contributed by atoms with Crippen LogP contribution in [0.3, 0.4) is 0 Å². The highest BCUT2D eigenvalue weighted by Crippen LogP contribution is 2.22. The molecule has 2 rings (SSSR count). The molecule has 0 bridgehead atoms. The van der Waals surface area contributed by atoms with Crippen molar-refractivity contribution in [1.82, 2.24) is 15.5 Å². The summed E-state index contributed by atoms with van der Waals surface area (Å²) in [6, 6.07) is 6.22. The summed E-state index contributed by atoms with van der Waals surface area (Å²) in [5, 5.41) is 9.26. The molecule has 0 atom stereocenters. The highest BCUT2D eigenvalue weighted by Gasteiger charge is 2.05. The number of H-pyrrole nitrogens is 1. The van der Waals surface area contributed by atoms with Gasteiger partial charge in [0.25, 0.3) is 0 Å². The van der Waals surface area contributed by atoms with Gasteiger partial charge in [-0.05, 0) is 32.1 Å². The summed E-state index contributed by atoms with van der Waals surface area (Å²) >= 11 is 0. The second kappa shape index (κ2) is 9.30. The molecule has 0 spiro atoms. The summed E-state index contributed by atoms with van der Waals surface area (Å²) in [6.45, 7) is 4.50. The van der Waals surface area contributed by atoms with Crippen molar-refractivity contribution in [3.05, 3.63) is 59.9 Å². The lowest BCUT2D eigenvalue weighted by Crippen LogP contribution is -2.10. The molecule has 4 nitrogen and oxygen atoms in total. The lowest BCUT2D eigenvalue weighted by atomic mass is 10.1. The van der Waals surface area contributed by atoms with Gasteiger partial charge in [0, 0.05) is 24.3 Å². The lowest BCUT2D eigenvalue weighted by molar-refractivity contribution is -0.118. The fourth-order valence-electron chi connectivity index (χ4n) is 1.55. The van der Waals surface area contributed by atoms with E-state index in [2.05, 4.69) is 15.5 Å². The van der Waals surface area contributed by atoms with Gasteiger partial charge in [-0.25, -0.2) is 8.78 Å². The van der Waals surface area contributed by atoms with Crippen molar-refractivity contribution in [3.63, 3.8) is 0 Å². The topological polar surface area (TPSA) is 57.8 Å². The number of amides is 1. The third kappa shape index (κ3) is 6.69. The molecule has 0 aliphatic heterocycles. The Morgan fingerprint density at radius 2 is 2.04 bits per heavy atom. The zero-order valence-electron chi connectivity index (χ0n) is 13.2. The maximum atomic E-state index is 13.1. The van der Waals surface area contributed by atoms with Gasteiger partial charge >= 0.3 is 0 Å². The first-order valence-corrected chi connectivity index (χ1v) is 6.95. The molecule has 1 aromatic carbocycles. The zero-order valence-corrected chi connectivity index (χ0v) is 13.2.